The second-order valence-corrected chi connectivity index (χ2v) is 6.77. The molecule has 3 rings (SSSR count). The van der Waals surface area contributed by atoms with Crippen LogP contribution >= 0.6 is 0 Å². The highest BCUT2D eigenvalue weighted by Crippen LogP contribution is 2.48. The minimum absolute atomic E-state index is 0.182. The molecule has 1 aromatic heterocycles. The van der Waals surface area contributed by atoms with Crippen molar-refractivity contribution in [2.75, 3.05) is 5.32 Å². The van der Waals surface area contributed by atoms with Gasteiger partial charge >= 0.3 is 0 Å². The molecular formula is C15H22N2. The highest BCUT2D eigenvalue weighted by molar-refractivity contribution is 5.62. The van der Waals surface area contributed by atoms with Gasteiger partial charge in [0.05, 0.1) is 11.4 Å². The SMILES string of the molecule is Cc1c(C(C)(C)C)cnc2c1NC1(CC2)CC1. The maximum Gasteiger partial charge on any atom is 0.0638 e. The molecule has 1 spiro atoms. The topological polar surface area (TPSA) is 24.9 Å². The monoisotopic (exact) mass is 230 g/mol. The molecule has 92 valence electrons. The van der Waals surface area contributed by atoms with Crippen LogP contribution in [0.3, 0.4) is 0 Å². The van der Waals surface area contributed by atoms with E-state index in [-0.39, 0.29) is 5.41 Å². The highest BCUT2D eigenvalue weighted by atomic mass is 15.1. The lowest BCUT2D eigenvalue weighted by Crippen LogP contribution is -2.29. The van der Waals surface area contributed by atoms with Crippen LogP contribution in [-0.2, 0) is 11.8 Å². The van der Waals surface area contributed by atoms with Gasteiger partial charge in [0, 0.05) is 11.7 Å². The molecule has 1 fully saturated rings. The second-order valence-electron chi connectivity index (χ2n) is 6.77. The zero-order valence-corrected chi connectivity index (χ0v) is 11.4. The molecule has 1 saturated carbocycles. The summed E-state index contributed by atoms with van der Waals surface area (Å²) in [5.74, 6) is 0. The molecule has 17 heavy (non-hydrogen) atoms. The zero-order chi connectivity index (χ0) is 12.3. The summed E-state index contributed by atoms with van der Waals surface area (Å²) >= 11 is 0. The Labute approximate surface area is 104 Å². The van der Waals surface area contributed by atoms with Crippen molar-refractivity contribution in [3.8, 4) is 0 Å². The van der Waals surface area contributed by atoms with Gasteiger partial charge in [-0.15, -0.1) is 0 Å². The van der Waals surface area contributed by atoms with Gasteiger partial charge in [-0.2, -0.15) is 0 Å². The fraction of sp³-hybridized carbons (Fsp3) is 0.667. The number of nitrogens with one attached hydrogen (secondary N) is 1. The number of aromatic nitrogens is 1. The first-order valence-electron chi connectivity index (χ1n) is 6.68. The fourth-order valence-electron chi connectivity index (χ4n) is 2.98. The molecule has 1 aliphatic heterocycles. The summed E-state index contributed by atoms with van der Waals surface area (Å²) in [5.41, 5.74) is 6.02. The van der Waals surface area contributed by atoms with Crippen molar-refractivity contribution in [2.45, 2.75) is 64.3 Å². The number of nitrogens with zero attached hydrogens (tertiary/aromatic N) is 1. The van der Waals surface area contributed by atoms with Crippen molar-refractivity contribution in [3.05, 3.63) is 23.0 Å². The van der Waals surface area contributed by atoms with Gasteiger partial charge in [0.25, 0.3) is 0 Å². The number of rotatable bonds is 0. The third-order valence-corrected chi connectivity index (χ3v) is 4.31. The van der Waals surface area contributed by atoms with Gasteiger partial charge in [-0.1, -0.05) is 20.8 Å². The average molecular weight is 230 g/mol. The highest BCUT2D eigenvalue weighted by Gasteiger charge is 2.45. The molecular weight excluding hydrogens is 208 g/mol. The third kappa shape index (κ3) is 1.74. The largest absolute Gasteiger partial charge is 0.378 e. The van der Waals surface area contributed by atoms with Gasteiger partial charge in [-0.25, -0.2) is 0 Å². The Kier molecular flexibility index (Phi) is 2.11. The number of pyridine rings is 1. The van der Waals surface area contributed by atoms with Gasteiger partial charge < -0.3 is 5.32 Å². The van der Waals surface area contributed by atoms with Gasteiger partial charge in [-0.3, -0.25) is 4.98 Å². The minimum Gasteiger partial charge on any atom is -0.378 e. The van der Waals surface area contributed by atoms with Crippen LogP contribution in [0.2, 0.25) is 0 Å². The van der Waals surface area contributed by atoms with E-state index in [4.69, 9.17) is 0 Å². The van der Waals surface area contributed by atoms with Crippen LogP contribution in [0.1, 0.15) is 56.9 Å². The summed E-state index contributed by atoms with van der Waals surface area (Å²) in [6.07, 6.45) is 7.17. The predicted molar refractivity (Wildman–Crippen MR) is 71.6 cm³/mol. The van der Waals surface area contributed by atoms with Crippen LogP contribution < -0.4 is 5.32 Å². The number of hydrogen-bond acceptors (Lipinski definition) is 2. The predicted octanol–water partition coefficient (Wildman–Crippen LogP) is 3.58. The number of anilines is 1. The van der Waals surface area contributed by atoms with E-state index in [1.807, 2.05) is 0 Å². The zero-order valence-electron chi connectivity index (χ0n) is 11.4. The standard InChI is InChI=1S/C15H22N2/c1-10-11(14(2,3)4)9-16-12-5-6-15(7-8-15)17-13(10)12/h9,17H,5-8H2,1-4H3. The Balaban J connectivity index is 2.07. The van der Waals surface area contributed by atoms with E-state index in [0.29, 0.717) is 5.54 Å². The van der Waals surface area contributed by atoms with Crippen LogP contribution in [-0.4, -0.2) is 10.5 Å². The molecule has 2 heteroatoms. The summed E-state index contributed by atoms with van der Waals surface area (Å²) in [6.45, 7) is 9.03. The molecule has 2 aliphatic rings. The Bertz CT molecular complexity index is 465. The molecule has 0 unspecified atom stereocenters. The summed E-state index contributed by atoms with van der Waals surface area (Å²) in [7, 11) is 0. The molecule has 1 aromatic rings. The van der Waals surface area contributed by atoms with E-state index in [1.54, 1.807) is 0 Å². The normalized spacial score (nSPS) is 20.9. The molecule has 0 saturated heterocycles. The Morgan fingerprint density at radius 2 is 1.94 bits per heavy atom. The van der Waals surface area contributed by atoms with Gasteiger partial charge in [0.2, 0.25) is 0 Å². The van der Waals surface area contributed by atoms with Crippen LogP contribution in [0.15, 0.2) is 6.20 Å². The lowest BCUT2D eigenvalue weighted by atomic mass is 9.83. The fourth-order valence-corrected chi connectivity index (χ4v) is 2.98. The maximum atomic E-state index is 4.68. The smallest absolute Gasteiger partial charge is 0.0638 e. The molecule has 0 amide bonds. The van der Waals surface area contributed by atoms with Gasteiger partial charge in [0.15, 0.2) is 0 Å². The third-order valence-electron chi connectivity index (χ3n) is 4.31. The molecule has 2 nitrogen and oxygen atoms in total. The van der Waals surface area contributed by atoms with Crippen molar-refractivity contribution in [1.29, 1.82) is 0 Å². The average Bonchev–Trinajstić information content (AvgIpc) is 2.98. The molecule has 1 N–H and O–H groups in total. The summed E-state index contributed by atoms with van der Waals surface area (Å²) in [6, 6.07) is 0. The second kappa shape index (κ2) is 3.24. The lowest BCUT2D eigenvalue weighted by molar-refractivity contribution is 0.574. The molecule has 0 radical (unpaired) electrons. The van der Waals surface area contributed by atoms with Crippen molar-refractivity contribution in [3.63, 3.8) is 0 Å². The first-order valence-corrected chi connectivity index (χ1v) is 6.68. The van der Waals surface area contributed by atoms with E-state index in [1.165, 1.54) is 41.8 Å². The van der Waals surface area contributed by atoms with Crippen LogP contribution in [0, 0.1) is 6.92 Å². The van der Waals surface area contributed by atoms with Gasteiger partial charge in [-0.05, 0) is 49.1 Å². The first-order chi connectivity index (χ1) is 7.91. The molecule has 1 aliphatic carbocycles. The van der Waals surface area contributed by atoms with Gasteiger partial charge in [0.1, 0.15) is 0 Å². The van der Waals surface area contributed by atoms with E-state index in [0.717, 1.165) is 6.42 Å². The number of aryl methyl sites for hydroxylation is 1. The van der Waals surface area contributed by atoms with E-state index >= 15 is 0 Å². The van der Waals surface area contributed by atoms with Crippen LogP contribution in [0.5, 0.6) is 0 Å². The Morgan fingerprint density at radius 1 is 1.24 bits per heavy atom. The number of fused-ring (bicyclic) bond motifs is 1. The minimum atomic E-state index is 0.182. The Morgan fingerprint density at radius 3 is 2.53 bits per heavy atom. The molecule has 0 bridgehead atoms. The van der Waals surface area contributed by atoms with Crippen molar-refractivity contribution < 1.29 is 0 Å². The van der Waals surface area contributed by atoms with E-state index in [2.05, 4.69) is 44.2 Å². The number of hydrogen-bond donors (Lipinski definition) is 1. The van der Waals surface area contributed by atoms with E-state index < -0.39 is 0 Å². The first kappa shape index (κ1) is 11.1. The van der Waals surface area contributed by atoms with Crippen LogP contribution in [0.25, 0.3) is 0 Å². The summed E-state index contributed by atoms with van der Waals surface area (Å²) < 4.78 is 0. The van der Waals surface area contributed by atoms with E-state index in [9.17, 15) is 0 Å². The lowest BCUT2D eigenvalue weighted by Gasteiger charge is -2.31. The quantitative estimate of drug-likeness (QED) is 0.737. The summed E-state index contributed by atoms with van der Waals surface area (Å²) in [4.78, 5) is 4.68. The molecule has 2 heterocycles. The maximum absolute atomic E-state index is 4.68. The van der Waals surface area contributed by atoms with Crippen molar-refractivity contribution in [2.24, 2.45) is 0 Å². The molecule has 0 aromatic carbocycles. The molecule has 0 atom stereocenters. The Hall–Kier alpha value is -1.05. The van der Waals surface area contributed by atoms with Crippen molar-refractivity contribution in [1.82, 2.24) is 4.98 Å². The van der Waals surface area contributed by atoms with Crippen LogP contribution in [0.4, 0.5) is 5.69 Å². The summed E-state index contributed by atoms with van der Waals surface area (Å²) in [5, 5.41) is 3.77. The van der Waals surface area contributed by atoms with Crippen molar-refractivity contribution >= 4 is 5.69 Å².